The number of aliphatic hydroxyl groups excluding tert-OH is 1. The van der Waals surface area contributed by atoms with Crippen LogP contribution in [0.3, 0.4) is 0 Å². The largest absolute Gasteiger partial charge is 0.394 e. The molecule has 1 fully saturated rings. The standard InChI is InChI=1S/C16H25NO/c1-13-11-15(2,3)9-10-16(13,12-18)17-14-7-5-4-6-8-14/h4-8,13,17-18H,9-12H2,1-3H3. The number of aliphatic hydroxyl groups is 1. The summed E-state index contributed by atoms with van der Waals surface area (Å²) >= 11 is 0. The summed E-state index contributed by atoms with van der Waals surface area (Å²) in [6.45, 7) is 7.12. The molecular formula is C16H25NO. The molecule has 2 N–H and O–H groups in total. The molecule has 2 rings (SSSR count). The molecule has 0 radical (unpaired) electrons. The molecule has 0 spiro atoms. The molecule has 0 bridgehead atoms. The number of nitrogens with one attached hydrogen (secondary N) is 1. The van der Waals surface area contributed by atoms with Gasteiger partial charge in [-0.3, -0.25) is 0 Å². The highest BCUT2D eigenvalue weighted by atomic mass is 16.3. The highest BCUT2D eigenvalue weighted by molar-refractivity contribution is 5.45. The number of anilines is 1. The van der Waals surface area contributed by atoms with E-state index in [1.807, 2.05) is 18.2 Å². The molecule has 18 heavy (non-hydrogen) atoms. The van der Waals surface area contributed by atoms with Crippen LogP contribution in [-0.4, -0.2) is 17.3 Å². The summed E-state index contributed by atoms with van der Waals surface area (Å²) in [6, 6.07) is 10.2. The van der Waals surface area contributed by atoms with E-state index in [0.29, 0.717) is 11.3 Å². The second kappa shape index (κ2) is 4.93. The third-order valence-electron chi connectivity index (χ3n) is 4.50. The Labute approximate surface area is 110 Å². The van der Waals surface area contributed by atoms with Gasteiger partial charge >= 0.3 is 0 Å². The summed E-state index contributed by atoms with van der Waals surface area (Å²) < 4.78 is 0. The van der Waals surface area contributed by atoms with Gasteiger partial charge in [0.15, 0.2) is 0 Å². The normalized spacial score (nSPS) is 31.0. The fraction of sp³-hybridized carbons (Fsp3) is 0.625. The number of hydrogen-bond acceptors (Lipinski definition) is 2. The van der Waals surface area contributed by atoms with Crippen molar-refractivity contribution >= 4 is 5.69 Å². The summed E-state index contributed by atoms with van der Waals surface area (Å²) in [6.07, 6.45) is 3.36. The van der Waals surface area contributed by atoms with Gasteiger partial charge in [0.25, 0.3) is 0 Å². The zero-order valence-electron chi connectivity index (χ0n) is 11.7. The topological polar surface area (TPSA) is 32.3 Å². The SMILES string of the molecule is CC1CC(C)(C)CCC1(CO)Nc1ccccc1. The van der Waals surface area contributed by atoms with E-state index in [9.17, 15) is 5.11 Å². The van der Waals surface area contributed by atoms with Crippen LogP contribution in [0.5, 0.6) is 0 Å². The van der Waals surface area contributed by atoms with Gasteiger partial charge in [0, 0.05) is 5.69 Å². The predicted molar refractivity (Wildman–Crippen MR) is 76.7 cm³/mol. The molecule has 0 aliphatic heterocycles. The van der Waals surface area contributed by atoms with E-state index in [0.717, 1.165) is 24.9 Å². The van der Waals surface area contributed by atoms with Gasteiger partial charge < -0.3 is 10.4 Å². The number of para-hydroxylation sites is 1. The first kappa shape index (κ1) is 13.4. The molecule has 1 aromatic rings. The van der Waals surface area contributed by atoms with Crippen LogP contribution in [0.4, 0.5) is 5.69 Å². The number of hydrogen-bond donors (Lipinski definition) is 2. The van der Waals surface area contributed by atoms with E-state index in [1.54, 1.807) is 0 Å². The molecule has 2 heteroatoms. The monoisotopic (exact) mass is 247 g/mol. The zero-order valence-corrected chi connectivity index (χ0v) is 11.7. The van der Waals surface area contributed by atoms with Crippen LogP contribution in [0.1, 0.15) is 40.0 Å². The van der Waals surface area contributed by atoms with Crippen molar-refractivity contribution < 1.29 is 5.11 Å². The lowest BCUT2D eigenvalue weighted by atomic mass is 9.64. The summed E-state index contributed by atoms with van der Waals surface area (Å²) in [5.74, 6) is 0.478. The number of rotatable bonds is 3. The Bertz CT molecular complexity index is 387. The van der Waals surface area contributed by atoms with Crippen LogP contribution >= 0.6 is 0 Å². The smallest absolute Gasteiger partial charge is 0.0664 e. The van der Waals surface area contributed by atoms with E-state index >= 15 is 0 Å². The Balaban J connectivity index is 2.16. The zero-order chi connectivity index (χ0) is 13.2. The molecule has 0 saturated heterocycles. The molecule has 100 valence electrons. The van der Waals surface area contributed by atoms with E-state index in [2.05, 4.69) is 38.2 Å². The lowest BCUT2D eigenvalue weighted by Crippen LogP contribution is -2.52. The molecule has 1 aliphatic rings. The minimum absolute atomic E-state index is 0.156. The summed E-state index contributed by atoms with van der Waals surface area (Å²) in [4.78, 5) is 0. The Morgan fingerprint density at radius 1 is 1.22 bits per heavy atom. The molecule has 1 saturated carbocycles. The first-order valence-corrected chi connectivity index (χ1v) is 6.92. The second-order valence-electron chi connectivity index (χ2n) is 6.57. The Hall–Kier alpha value is -1.02. The molecule has 2 nitrogen and oxygen atoms in total. The van der Waals surface area contributed by atoms with E-state index in [4.69, 9.17) is 0 Å². The van der Waals surface area contributed by atoms with Crippen LogP contribution in [0.15, 0.2) is 30.3 Å². The van der Waals surface area contributed by atoms with Crippen LogP contribution in [0, 0.1) is 11.3 Å². The van der Waals surface area contributed by atoms with Gasteiger partial charge in [-0.05, 0) is 42.7 Å². The first-order chi connectivity index (χ1) is 8.47. The quantitative estimate of drug-likeness (QED) is 0.854. The highest BCUT2D eigenvalue weighted by Gasteiger charge is 2.43. The van der Waals surface area contributed by atoms with Crippen molar-refractivity contribution in [3.8, 4) is 0 Å². The van der Waals surface area contributed by atoms with Crippen molar-refractivity contribution in [3.63, 3.8) is 0 Å². The predicted octanol–water partition coefficient (Wildman–Crippen LogP) is 3.68. The van der Waals surface area contributed by atoms with Crippen molar-refractivity contribution in [1.82, 2.24) is 0 Å². The van der Waals surface area contributed by atoms with Crippen LogP contribution < -0.4 is 5.32 Å². The van der Waals surface area contributed by atoms with Crippen molar-refractivity contribution in [3.05, 3.63) is 30.3 Å². The minimum Gasteiger partial charge on any atom is -0.394 e. The minimum atomic E-state index is -0.156. The summed E-state index contributed by atoms with van der Waals surface area (Å²) in [5.41, 5.74) is 1.35. The molecule has 1 aliphatic carbocycles. The van der Waals surface area contributed by atoms with E-state index in [1.165, 1.54) is 0 Å². The average Bonchev–Trinajstić information content (AvgIpc) is 2.34. The van der Waals surface area contributed by atoms with Gasteiger partial charge in [-0.25, -0.2) is 0 Å². The molecule has 2 unspecified atom stereocenters. The van der Waals surface area contributed by atoms with Gasteiger partial charge in [0.05, 0.1) is 12.1 Å². The Kier molecular flexibility index (Phi) is 3.67. The average molecular weight is 247 g/mol. The van der Waals surface area contributed by atoms with E-state index in [-0.39, 0.29) is 12.1 Å². The third kappa shape index (κ3) is 2.69. The van der Waals surface area contributed by atoms with Crippen molar-refractivity contribution in [2.24, 2.45) is 11.3 Å². The van der Waals surface area contributed by atoms with Crippen molar-refractivity contribution in [1.29, 1.82) is 0 Å². The maximum Gasteiger partial charge on any atom is 0.0664 e. The highest BCUT2D eigenvalue weighted by Crippen LogP contribution is 2.45. The van der Waals surface area contributed by atoms with E-state index < -0.39 is 0 Å². The van der Waals surface area contributed by atoms with Gasteiger partial charge in [-0.2, -0.15) is 0 Å². The third-order valence-corrected chi connectivity index (χ3v) is 4.50. The van der Waals surface area contributed by atoms with Crippen LogP contribution in [0.25, 0.3) is 0 Å². The van der Waals surface area contributed by atoms with Crippen molar-refractivity contribution in [2.45, 2.75) is 45.6 Å². The summed E-state index contributed by atoms with van der Waals surface area (Å²) in [7, 11) is 0. The maximum atomic E-state index is 9.88. The van der Waals surface area contributed by atoms with Gasteiger partial charge in [-0.15, -0.1) is 0 Å². The van der Waals surface area contributed by atoms with Crippen LogP contribution in [-0.2, 0) is 0 Å². The van der Waals surface area contributed by atoms with Crippen LogP contribution in [0.2, 0.25) is 0 Å². The molecule has 2 atom stereocenters. The second-order valence-corrected chi connectivity index (χ2v) is 6.57. The fourth-order valence-electron chi connectivity index (χ4n) is 3.20. The van der Waals surface area contributed by atoms with Gasteiger partial charge in [-0.1, -0.05) is 39.0 Å². The fourth-order valence-corrected chi connectivity index (χ4v) is 3.20. The van der Waals surface area contributed by atoms with Gasteiger partial charge in [0.2, 0.25) is 0 Å². The lowest BCUT2D eigenvalue weighted by molar-refractivity contribution is 0.0685. The Morgan fingerprint density at radius 2 is 1.89 bits per heavy atom. The van der Waals surface area contributed by atoms with Crippen molar-refractivity contribution in [2.75, 3.05) is 11.9 Å². The molecular weight excluding hydrogens is 222 g/mol. The molecule has 1 aromatic carbocycles. The molecule has 0 aromatic heterocycles. The number of benzene rings is 1. The first-order valence-electron chi connectivity index (χ1n) is 6.92. The maximum absolute atomic E-state index is 9.88. The summed E-state index contributed by atoms with van der Waals surface area (Å²) in [5, 5.41) is 13.5. The Morgan fingerprint density at radius 3 is 2.44 bits per heavy atom. The lowest BCUT2D eigenvalue weighted by Gasteiger charge is -2.48. The molecule has 0 heterocycles. The molecule has 0 amide bonds. The van der Waals surface area contributed by atoms with Gasteiger partial charge in [0.1, 0.15) is 0 Å².